The fraction of sp³-hybridized carbons (Fsp3) is 0.800. The number of fused-ring (bicyclic) bond motifs is 1. The molecule has 0 saturated heterocycles. The lowest BCUT2D eigenvalue weighted by Crippen LogP contribution is -2.55. The summed E-state index contributed by atoms with van der Waals surface area (Å²) in [6.45, 7) is 9.77. The predicted octanol–water partition coefficient (Wildman–Crippen LogP) is 3.71. The molecule has 0 aromatic heterocycles. The van der Waals surface area contributed by atoms with Gasteiger partial charge < -0.3 is 4.74 Å². The normalized spacial score (nSPS) is 45.8. The van der Waals surface area contributed by atoms with E-state index in [1.165, 1.54) is 12.0 Å². The fourth-order valence-electron chi connectivity index (χ4n) is 4.12. The first-order chi connectivity index (χ1) is 7.95. The highest BCUT2D eigenvalue weighted by atomic mass is 16.5. The molecular formula is C15H24O2. The van der Waals surface area contributed by atoms with Crippen LogP contribution in [0.2, 0.25) is 0 Å². The van der Waals surface area contributed by atoms with Crippen molar-refractivity contribution in [1.82, 2.24) is 0 Å². The van der Waals surface area contributed by atoms with Gasteiger partial charge in [-0.1, -0.05) is 32.4 Å². The molecule has 1 saturated carbocycles. The first-order valence-corrected chi connectivity index (χ1v) is 6.72. The molecule has 2 rings (SSSR count). The van der Waals surface area contributed by atoms with Crippen molar-refractivity contribution in [3.05, 3.63) is 11.6 Å². The number of ether oxygens (including phenoxy) is 1. The van der Waals surface area contributed by atoms with Gasteiger partial charge in [0.05, 0.1) is 0 Å². The molecule has 0 heterocycles. The van der Waals surface area contributed by atoms with E-state index >= 15 is 0 Å². The maximum absolute atomic E-state index is 10.8. The van der Waals surface area contributed by atoms with Crippen molar-refractivity contribution >= 4 is 6.47 Å². The van der Waals surface area contributed by atoms with Gasteiger partial charge in [0.25, 0.3) is 6.47 Å². The van der Waals surface area contributed by atoms with E-state index in [2.05, 4.69) is 33.8 Å². The Morgan fingerprint density at radius 1 is 1.41 bits per heavy atom. The number of carbonyl (C=O) groups is 1. The van der Waals surface area contributed by atoms with Crippen LogP contribution in [0.25, 0.3) is 0 Å². The molecule has 1 fully saturated rings. The van der Waals surface area contributed by atoms with E-state index in [1.54, 1.807) is 0 Å². The van der Waals surface area contributed by atoms with Crippen LogP contribution in [-0.2, 0) is 9.53 Å². The van der Waals surface area contributed by atoms with Crippen LogP contribution in [0.1, 0.15) is 53.4 Å². The molecule has 0 amide bonds. The molecule has 0 aromatic rings. The van der Waals surface area contributed by atoms with Crippen LogP contribution in [0.4, 0.5) is 0 Å². The minimum absolute atomic E-state index is 0.0717. The zero-order valence-electron chi connectivity index (χ0n) is 11.5. The van der Waals surface area contributed by atoms with Crippen LogP contribution in [0.3, 0.4) is 0 Å². The van der Waals surface area contributed by atoms with Gasteiger partial charge >= 0.3 is 0 Å². The Kier molecular flexibility index (Phi) is 3.09. The van der Waals surface area contributed by atoms with Crippen molar-refractivity contribution in [1.29, 1.82) is 0 Å². The molecule has 0 aromatic carbocycles. The molecule has 0 radical (unpaired) electrons. The smallest absolute Gasteiger partial charge is 0.293 e. The van der Waals surface area contributed by atoms with Crippen LogP contribution in [0, 0.1) is 16.7 Å². The van der Waals surface area contributed by atoms with Gasteiger partial charge in [-0.25, -0.2) is 0 Å². The number of allylic oxidation sites excluding steroid dienone is 2. The van der Waals surface area contributed by atoms with E-state index in [-0.39, 0.29) is 16.9 Å². The molecule has 4 atom stereocenters. The Bertz CT molecular complexity index is 347. The summed E-state index contributed by atoms with van der Waals surface area (Å²) in [6.07, 6.45) is 7.05. The summed E-state index contributed by atoms with van der Waals surface area (Å²) in [6, 6.07) is 0. The summed E-state index contributed by atoms with van der Waals surface area (Å²) >= 11 is 0. The van der Waals surface area contributed by atoms with E-state index in [9.17, 15) is 4.79 Å². The molecule has 96 valence electrons. The van der Waals surface area contributed by atoms with Crippen molar-refractivity contribution in [2.75, 3.05) is 0 Å². The number of carbonyl (C=O) groups excluding carboxylic acids is 1. The zero-order valence-corrected chi connectivity index (χ0v) is 11.5. The maximum Gasteiger partial charge on any atom is 0.293 e. The summed E-state index contributed by atoms with van der Waals surface area (Å²) in [7, 11) is 0. The predicted molar refractivity (Wildman–Crippen MR) is 68.5 cm³/mol. The standard InChI is InChI=1S/C15H24O2/c1-11-7-9-14(3)12(2)6-5-8-15(14,4)13(11)17-10-16/h6,10-11,13H,5,7-9H2,1-4H3. The monoisotopic (exact) mass is 236 g/mol. The van der Waals surface area contributed by atoms with Gasteiger partial charge in [0, 0.05) is 5.41 Å². The second kappa shape index (κ2) is 4.15. The molecular weight excluding hydrogens is 212 g/mol. The lowest BCUT2D eigenvalue weighted by atomic mass is 9.48. The summed E-state index contributed by atoms with van der Waals surface area (Å²) in [5.74, 6) is 0.476. The van der Waals surface area contributed by atoms with Crippen molar-refractivity contribution in [2.24, 2.45) is 16.7 Å². The van der Waals surface area contributed by atoms with Gasteiger partial charge in [0.2, 0.25) is 0 Å². The van der Waals surface area contributed by atoms with Crippen LogP contribution in [0.5, 0.6) is 0 Å². The van der Waals surface area contributed by atoms with E-state index in [1.807, 2.05) is 0 Å². The summed E-state index contributed by atoms with van der Waals surface area (Å²) in [5, 5.41) is 0. The van der Waals surface area contributed by atoms with E-state index in [4.69, 9.17) is 4.74 Å². The molecule has 2 nitrogen and oxygen atoms in total. The molecule has 0 aliphatic heterocycles. The quantitative estimate of drug-likeness (QED) is 0.539. The Morgan fingerprint density at radius 3 is 2.76 bits per heavy atom. The lowest BCUT2D eigenvalue weighted by Gasteiger charge is -2.58. The SMILES string of the molecule is CC1=CCCC2(C)C(OC=O)C(C)CCC12C. The molecule has 0 bridgehead atoms. The van der Waals surface area contributed by atoms with Crippen molar-refractivity contribution in [3.63, 3.8) is 0 Å². The highest BCUT2D eigenvalue weighted by Crippen LogP contribution is 2.60. The van der Waals surface area contributed by atoms with E-state index in [0.29, 0.717) is 12.4 Å². The van der Waals surface area contributed by atoms with E-state index in [0.717, 1.165) is 19.3 Å². The Morgan fingerprint density at radius 2 is 2.12 bits per heavy atom. The lowest BCUT2D eigenvalue weighted by molar-refractivity contribution is -0.164. The largest absolute Gasteiger partial charge is 0.464 e. The van der Waals surface area contributed by atoms with Crippen molar-refractivity contribution < 1.29 is 9.53 Å². The summed E-state index contributed by atoms with van der Waals surface area (Å²) < 4.78 is 5.47. The van der Waals surface area contributed by atoms with Crippen molar-refractivity contribution in [2.45, 2.75) is 59.5 Å². The summed E-state index contributed by atoms with van der Waals surface area (Å²) in [5.41, 5.74) is 1.79. The molecule has 2 aliphatic carbocycles. The van der Waals surface area contributed by atoms with Crippen LogP contribution < -0.4 is 0 Å². The molecule has 0 N–H and O–H groups in total. The molecule has 2 aliphatic rings. The van der Waals surface area contributed by atoms with Gasteiger partial charge in [-0.15, -0.1) is 0 Å². The first-order valence-electron chi connectivity index (χ1n) is 6.72. The van der Waals surface area contributed by atoms with E-state index < -0.39 is 0 Å². The minimum Gasteiger partial charge on any atom is -0.464 e. The fourth-order valence-corrected chi connectivity index (χ4v) is 4.12. The topological polar surface area (TPSA) is 26.3 Å². The van der Waals surface area contributed by atoms with Crippen LogP contribution >= 0.6 is 0 Å². The third-order valence-corrected chi connectivity index (χ3v) is 5.69. The van der Waals surface area contributed by atoms with Crippen LogP contribution in [0.15, 0.2) is 11.6 Å². The minimum atomic E-state index is 0.0717. The average molecular weight is 236 g/mol. The second-order valence-electron chi connectivity index (χ2n) is 6.34. The molecule has 2 heteroatoms. The van der Waals surface area contributed by atoms with Gasteiger partial charge in [-0.3, -0.25) is 4.79 Å². The third kappa shape index (κ3) is 1.64. The second-order valence-corrected chi connectivity index (χ2v) is 6.34. The van der Waals surface area contributed by atoms with Gasteiger partial charge in [0.15, 0.2) is 0 Å². The highest BCUT2D eigenvalue weighted by Gasteiger charge is 2.56. The van der Waals surface area contributed by atoms with Gasteiger partial charge in [-0.2, -0.15) is 0 Å². The van der Waals surface area contributed by atoms with Crippen LogP contribution in [-0.4, -0.2) is 12.6 Å². The molecule has 0 spiro atoms. The number of hydrogen-bond acceptors (Lipinski definition) is 2. The molecule has 17 heavy (non-hydrogen) atoms. The number of rotatable bonds is 2. The Labute approximate surface area is 104 Å². The zero-order chi connectivity index (χ0) is 12.7. The molecule has 4 unspecified atom stereocenters. The maximum atomic E-state index is 10.8. The highest BCUT2D eigenvalue weighted by molar-refractivity contribution is 5.38. The first kappa shape index (κ1) is 12.7. The van der Waals surface area contributed by atoms with Gasteiger partial charge in [0.1, 0.15) is 6.10 Å². The van der Waals surface area contributed by atoms with Gasteiger partial charge in [-0.05, 0) is 43.9 Å². The Balaban J connectivity index is 2.42. The Hall–Kier alpha value is -0.790. The number of hydrogen-bond donors (Lipinski definition) is 0. The third-order valence-electron chi connectivity index (χ3n) is 5.69. The van der Waals surface area contributed by atoms with Crippen molar-refractivity contribution in [3.8, 4) is 0 Å². The summed E-state index contributed by atoms with van der Waals surface area (Å²) in [4.78, 5) is 10.8. The average Bonchev–Trinajstić information content (AvgIpc) is 2.29.